The minimum atomic E-state index is -1.62. The molecule has 0 saturated carbocycles. The molecule has 0 aliphatic heterocycles. The molecule has 582 valence electrons. The van der Waals surface area contributed by atoms with Crippen molar-refractivity contribution in [1.82, 2.24) is 0 Å². The van der Waals surface area contributed by atoms with Gasteiger partial charge < -0.3 is 33.3 Å². The van der Waals surface area contributed by atoms with Crippen molar-refractivity contribution >= 4 is 17.9 Å². The third kappa shape index (κ3) is 82.8. The number of ether oxygens (including phenoxy) is 4. The van der Waals surface area contributed by atoms with Gasteiger partial charge in [0.15, 0.2) is 12.4 Å². The van der Waals surface area contributed by atoms with Crippen molar-refractivity contribution in [2.45, 2.75) is 399 Å². The van der Waals surface area contributed by atoms with Crippen LogP contribution in [0.2, 0.25) is 0 Å². The van der Waals surface area contributed by atoms with E-state index in [0.717, 1.165) is 96.3 Å². The summed E-state index contributed by atoms with van der Waals surface area (Å²) in [5.74, 6) is -2.26. The minimum absolute atomic E-state index is 0.147. The van der Waals surface area contributed by atoms with E-state index in [-0.39, 0.29) is 32.2 Å². The first-order valence-electron chi connectivity index (χ1n) is 42.7. The van der Waals surface area contributed by atoms with E-state index in [9.17, 15) is 19.5 Å². The Bertz CT molecular complexity index is 2090. The zero-order valence-electron chi connectivity index (χ0n) is 66.8. The van der Waals surface area contributed by atoms with Gasteiger partial charge in [-0.15, -0.1) is 0 Å². The molecule has 0 aliphatic carbocycles. The number of carbonyl (C=O) groups excluding carboxylic acids is 3. The van der Waals surface area contributed by atoms with E-state index in [1.807, 2.05) is 21.1 Å². The number of esters is 2. The normalized spacial score (nSPS) is 13.2. The van der Waals surface area contributed by atoms with Crippen LogP contribution in [0.15, 0.2) is 122 Å². The molecule has 0 fully saturated rings. The summed E-state index contributed by atoms with van der Waals surface area (Å²) in [6, 6.07) is 0. The molecule has 0 rings (SSSR count). The second kappa shape index (κ2) is 81.4. The van der Waals surface area contributed by atoms with Crippen LogP contribution in [-0.4, -0.2) is 82.3 Å². The molecule has 0 radical (unpaired) electrons. The van der Waals surface area contributed by atoms with Crippen LogP contribution in [0.25, 0.3) is 0 Å². The molecule has 0 aromatic heterocycles. The maximum atomic E-state index is 13.0. The summed E-state index contributed by atoms with van der Waals surface area (Å²) >= 11 is 0. The topological polar surface area (TPSA) is 111 Å². The lowest BCUT2D eigenvalue weighted by Crippen LogP contribution is -2.44. The van der Waals surface area contributed by atoms with Crippen molar-refractivity contribution in [3.8, 4) is 0 Å². The number of nitrogens with zero attached hydrogens (tertiary/aromatic N) is 1. The van der Waals surface area contributed by atoms with Gasteiger partial charge in [-0.05, 0) is 103 Å². The number of quaternary nitrogens is 1. The minimum Gasteiger partial charge on any atom is -0.545 e. The number of rotatable bonds is 79. The summed E-state index contributed by atoms with van der Waals surface area (Å²) in [5, 5.41) is 11.9. The average Bonchev–Trinajstić information content (AvgIpc) is 1.21. The number of unbranched alkanes of at least 4 members (excludes halogenated alkanes) is 44. The summed E-state index contributed by atoms with van der Waals surface area (Å²) in [7, 11) is 5.95. The highest BCUT2D eigenvalue weighted by atomic mass is 16.7. The van der Waals surface area contributed by atoms with E-state index in [2.05, 4.69) is 135 Å². The van der Waals surface area contributed by atoms with Gasteiger partial charge >= 0.3 is 11.9 Å². The molecular weight excluding hydrogens is 1250 g/mol. The molecule has 0 aromatic carbocycles. The number of aliphatic carboxylic acids is 1. The lowest BCUT2D eigenvalue weighted by Gasteiger charge is -2.26. The van der Waals surface area contributed by atoms with Crippen LogP contribution >= 0.6 is 0 Å². The van der Waals surface area contributed by atoms with Gasteiger partial charge in [-0.2, -0.15) is 0 Å². The molecule has 9 heteroatoms. The molecule has 2 atom stereocenters. The zero-order chi connectivity index (χ0) is 73.2. The van der Waals surface area contributed by atoms with Gasteiger partial charge in [-0.3, -0.25) is 9.59 Å². The fraction of sp³-hybridized carbons (Fsp3) is 0.750. The number of carbonyl (C=O) groups is 3. The molecule has 2 unspecified atom stereocenters. The lowest BCUT2D eigenvalue weighted by molar-refractivity contribution is -0.870. The summed E-state index contributed by atoms with van der Waals surface area (Å²) < 4.78 is 22.9. The summed E-state index contributed by atoms with van der Waals surface area (Å²) in [4.78, 5) is 37.7. The van der Waals surface area contributed by atoms with Crippen LogP contribution in [0.4, 0.5) is 0 Å². The highest BCUT2D eigenvalue weighted by Crippen LogP contribution is 2.20. The van der Waals surface area contributed by atoms with Gasteiger partial charge in [-0.1, -0.05) is 392 Å². The third-order valence-corrected chi connectivity index (χ3v) is 18.7. The first kappa shape index (κ1) is 96.7. The van der Waals surface area contributed by atoms with E-state index in [1.54, 1.807) is 0 Å². The molecule has 9 nitrogen and oxygen atoms in total. The zero-order valence-corrected chi connectivity index (χ0v) is 66.8. The Morgan fingerprint density at radius 2 is 0.535 bits per heavy atom. The maximum absolute atomic E-state index is 13.0. The van der Waals surface area contributed by atoms with Crippen LogP contribution in [0.3, 0.4) is 0 Å². The molecule has 0 amide bonds. The summed E-state index contributed by atoms with van der Waals surface area (Å²) in [6.45, 7) is 4.57. The highest BCUT2D eigenvalue weighted by Gasteiger charge is 2.22. The molecule has 0 heterocycles. The fourth-order valence-electron chi connectivity index (χ4n) is 12.3. The Hall–Kier alpha value is -4.31. The second-order valence-corrected chi connectivity index (χ2v) is 29.7. The predicted octanol–water partition coefficient (Wildman–Crippen LogP) is 26.5. The SMILES string of the molecule is CC/C=C\C/C=C\C/C=C\C/C=C\C/C=C\C/C=C\CCCCCCCCCCCCCCCCCCCCCCC(=O)OC(COC(=O)CCCCCCCCCCCCCCCCCCCCCCCCCC/C=C\C/C=C\C/C=C\C/C=C\CC)COC(OCC[N+](C)(C)C)C(=O)[O-]. The van der Waals surface area contributed by atoms with E-state index in [1.165, 1.54) is 257 Å². The Balaban J connectivity index is 3.96. The molecule has 0 spiro atoms. The van der Waals surface area contributed by atoms with Crippen LogP contribution in [-0.2, 0) is 33.3 Å². The van der Waals surface area contributed by atoms with Gasteiger partial charge in [0, 0.05) is 12.8 Å². The number of carboxylic acid groups (broad SMARTS) is 1. The Morgan fingerprint density at radius 3 is 0.792 bits per heavy atom. The van der Waals surface area contributed by atoms with Crippen molar-refractivity contribution in [1.29, 1.82) is 0 Å². The average molecular weight is 1410 g/mol. The van der Waals surface area contributed by atoms with Crippen molar-refractivity contribution in [2.24, 2.45) is 0 Å². The summed E-state index contributed by atoms with van der Waals surface area (Å²) in [6.07, 6.45) is 113. The maximum Gasteiger partial charge on any atom is 0.306 e. The van der Waals surface area contributed by atoms with Gasteiger partial charge in [0.25, 0.3) is 0 Å². The van der Waals surface area contributed by atoms with E-state index in [0.29, 0.717) is 23.9 Å². The molecule has 0 bridgehead atoms. The van der Waals surface area contributed by atoms with Crippen molar-refractivity contribution < 1.29 is 42.9 Å². The number of hydrogen-bond acceptors (Lipinski definition) is 8. The van der Waals surface area contributed by atoms with Gasteiger partial charge in [0.2, 0.25) is 0 Å². The number of likely N-dealkylation sites (N-methyl/N-ethyl adjacent to an activating group) is 1. The first-order valence-corrected chi connectivity index (χ1v) is 42.7. The smallest absolute Gasteiger partial charge is 0.306 e. The molecule has 0 N–H and O–H groups in total. The predicted molar refractivity (Wildman–Crippen MR) is 435 cm³/mol. The second-order valence-electron chi connectivity index (χ2n) is 29.7. The molecular formula is C92H161NO8. The third-order valence-electron chi connectivity index (χ3n) is 18.7. The van der Waals surface area contributed by atoms with E-state index >= 15 is 0 Å². The van der Waals surface area contributed by atoms with Crippen molar-refractivity contribution in [3.05, 3.63) is 122 Å². The fourth-order valence-corrected chi connectivity index (χ4v) is 12.3. The van der Waals surface area contributed by atoms with Crippen LogP contribution in [0.5, 0.6) is 0 Å². The van der Waals surface area contributed by atoms with Crippen LogP contribution in [0.1, 0.15) is 386 Å². The van der Waals surface area contributed by atoms with Crippen LogP contribution < -0.4 is 5.11 Å². The Kier molecular flexibility index (Phi) is 77.9. The highest BCUT2D eigenvalue weighted by molar-refractivity contribution is 5.70. The largest absolute Gasteiger partial charge is 0.545 e. The molecule has 0 aliphatic rings. The monoisotopic (exact) mass is 1410 g/mol. The van der Waals surface area contributed by atoms with Gasteiger partial charge in [-0.25, -0.2) is 0 Å². The number of hydrogen-bond donors (Lipinski definition) is 0. The van der Waals surface area contributed by atoms with Gasteiger partial charge in [0.1, 0.15) is 13.2 Å². The van der Waals surface area contributed by atoms with Crippen LogP contribution in [0, 0.1) is 0 Å². The molecule has 0 saturated heterocycles. The molecule has 0 aromatic rings. The Labute approximate surface area is 625 Å². The summed E-state index contributed by atoms with van der Waals surface area (Å²) in [5.41, 5.74) is 0. The first-order chi connectivity index (χ1) is 49.6. The number of allylic oxidation sites excluding steroid dienone is 20. The van der Waals surface area contributed by atoms with Crippen molar-refractivity contribution in [3.63, 3.8) is 0 Å². The number of carboxylic acids is 1. The lowest BCUT2D eigenvalue weighted by atomic mass is 10.0. The van der Waals surface area contributed by atoms with E-state index in [4.69, 9.17) is 18.9 Å². The standard InChI is InChI=1S/C92H161NO8/c1-6-8-10-12-14-16-18-20-22-24-26-28-30-32-34-36-38-40-42-44-45-47-49-51-53-55-57-59-61-63-65-67-69-71-73-75-77-79-81-83-90(95)101-88(87-100-92(91(96)97)98-85-84-93(3,4)5)86-99-89(94)82-80-78-76-74-72-70-68-66-64-62-60-58-56-54-52-50-48-46-43-41-39-37-35-33-31-29-27-25-23-21-19-17-15-13-11-9-7-2/h8-11,14-17,20-23,26-29,32,34,38,40,88,92H,6-7,12-13,18-19,24-25,30-31,33,35-37,39,41-87H2,1-5H3/b10-8-,11-9-,16-14-,17-15-,22-20-,23-21-,28-26-,29-27-,34-32-,40-38-. The quantitative estimate of drug-likeness (QED) is 0.0195. The van der Waals surface area contributed by atoms with Gasteiger partial charge in [0.05, 0.1) is 40.3 Å². The van der Waals surface area contributed by atoms with E-state index < -0.39 is 24.3 Å². The van der Waals surface area contributed by atoms with Crippen molar-refractivity contribution in [2.75, 3.05) is 47.5 Å². The molecule has 101 heavy (non-hydrogen) atoms. The Morgan fingerprint density at radius 1 is 0.297 bits per heavy atom.